The molecule has 0 aromatic carbocycles. The Morgan fingerprint density at radius 2 is 1.88 bits per heavy atom. The zero-order chi connectivity index (χ0) is 12.9. The second-order valence-corrected chi connectivity index (χ2v) is 11.6. The van der Waals surface area contributed by atoms with E-state index in [0.717, 1.165) is 13.1 Å². The number of halogens is 1. The first-order valence-electron chi connectivity index (χ1n) is 5.64. The number of rotatable bonds is 2. The van der Waals surface area contributed by atoms with Crippen LogP contribution in [0.2, 0.25) is 0 Å². The molecular formula is C10H17BrNO2S3+. The zero-order valence-corrected chi connectivity index (χ0v) is 14.2. The van der Waals surface area contributed by atoms with Crippen LogP contribution in [0.3, 0.4) is 0 Å². The van der Waals surface area contributed by atoms with Crippen LogP contribution in [0, 0.1) is 0 Å². The topological polar surface area (TPSA) is 37.1 Å². The normalized spacial score (nSPS) is 39.4. The summed E-state index contributed by atoms with van der Waals surface area (Å²) in [6, 6.07) is 0. The van der Waals surface area contributed by atoms with E-state index in [2.05, 4.69) is 41.3 Å². The van der Waals surface area contributed by atoms with Gasteiger partial charge in [-0.1, -0.05) is 15.9 Å². The number of sulfone groups is 1. The highest BCUT2D eigenvalue weighted by Gasteiger charge is 2.65. The van der Waals surface area contributed by atoms with Gasteiger partial charge in [-0.3, -0.25) is 0 Å². The van der Waals surface area contributed by atoms with Gasteiger partial charge in [-0.25, -0.2) is 13.0 Å². The van der Waals surface area contributed by atoms with Gasteiger partial charge in [-0.2, -0.15) is 0 Å². The molecule has 3 nitrogen and oxygen atoms in total. The highest BCUT2D eigenvalue weighted by Crippen LogP contribution is 2.62. The van der Waals surface area contributed by atoms with E-state index in [1.807, 2.05) is 0 Å². The number of hydrogen-bond acceptors (Lipinski definition) is 4. The molecule has 98 valence electrons. The third kappa shape index (κ3) is 2.32. The molecule has 17 heavy (non-hydrogen) atoms. The molecule has 2 heterocycles. The molecule has 0 amide bonds. The van der Waals surface area contributed by atoms with Gasteiger partial charge in [-0.15, -0.1) is 0 Å². The Labute approximate surface area is 120 Å². The van der Waals surface area contributed by atoms with Gasteiger partial charge in [0.2, 0.25) is 0 Å². The summed E-state index contributed by atoms with van der Waals surface area (Å²) in [6.07, 6.45) is 0. The maximum Gasteiger partial charge on any atom is 0.272 e. The monoisotopic (exact) mass is 358 g/mol. The minimum absolute atomic E-state index is 0.235. The van der Waals surface area contributed by atoms with Crippen molar-refractivity contribution in [3.8, 4) is 0 Å². The fourth-order valence-electron chi connectivity index (χ4n) is 2.22. The molecule has 0 aliphatic carbocycles. The third-order valence-electron chi connectivity index (χ3n) is 3.27. The Kier molecular flexibility index (Phi) is 3.70. The van der Waals surface area contributed by atoms with Gasteiger partial charge >= 0.3 is 0 Å². The number of nitrogens with zero attached hydrogens (tertiary/aromatic N) is 1. The van der Waals surface area contributed by atoms with Crippen LogP contribution in [0.15, 0.2) is 0 Å². The summed E-state index contributed by atoms with van der Waals surface area (Å²) in [5, 5.41) is 0. The molecule has 2 aliphatic heterocycles. The average Bonchev–Trinajstić information content (AvgIpc) is 2.46. The fourth-order valence-corrected chi connectivity index (χ4v) is 11.8. The first-order chi connectivity index (χ1) is 7.75. The molecule has 7 heteroatoms. The van der Waals surface area contributed by atoms with Crippen molar-refractivity contribution in [1.29, 1.82) is 0 Å². The van der Waals surface area contributed by atoms with E-state index < -0.39 is 9.84 Å². The van der Waals surface area contributed by atoms with Crippen molar-refractivity contribution in [1.82, 2.24) is 0 Å². The molecule has 0 spiro atoms. The van der Waals surface area contributed by atoms with Crippen LogP contribution in [0.25, 0.3) is 0 Å². The number of thioether (sulfide) groups is 2. The Hall–Kier alpha value is 0.800. The minimum atomic E-state index is -2.91. The van der Waals surface area contributed by atoms with Gasteiger partial charge in [0.1, 0.15) is 16.7 Å². The number of hydrogen-bond donors (Lipinski definition) is 0. The lowest BCUT2D eigenvalue weighted by Gasteiger charge is -2.25. The van der Waals surface area contributed by atoms with E-state index in [0.29, 0.717) is 0 Å². The van der Waals surface area contributed by atoms with Crippen molar-refractivity contribution in [2.24, 2.45) is 0 Å². The van der Waals surface area contributed by atoms with Crippen molar-refractivity contribution in [3.05, 3.63) is 0 Å². The summed E-state index contributed by atoms with van der Waals surface area (Å²) >= 11 is 7.09. The Bertz CT molecular complexity index is 442. The van der Waals surface area contributed by atoms with Crippen LogP contribution in [0.5, 0.6) is 0 Å². The standard InChI is InChI=1S/C10H17BrNO2S3/c1-4-12(5-2)8-15-9(3)6-17(13,14)7-10(9,11)16-8/h4-7H2,1-3H3/q+1/t9-,10+/m0/s1. The van der Waals surface area contributed by atoms with Crippen LogP contribution < -0.4 is 0 Å². The molecule has 0 unspecified atom stereocenters. The summed E-state index contributed by atoms with van der Waals surface area (Å²) in [4.78, 5) is 0. The van der Waals surface area contributed by atoms with Crippen LogP contribution in [0.4, 0.5) is 0 Å². The van der Waals surface area contributed by atoms with Crippen molar-refractivity contribution < 1.29 is 13.0 Å². The second-order valence-electron chi connectivity index (χ2n) is 4.63. The van der Waals surface area contributed by atoms with Gasteiger partial charge in [0.15, 0.2) is 9.84 Å². The zero-order valence-electron chi connectivity index (χ0n) is 10.2. The first-order valence-corrected chi connectivity index (χ1v) is 9.89. The Morgan fingerprint density at radius 1 is 1.29 bits per heavy atom. The molecule has 0 radical (unpaired) electrons. The van der Waals surface area contributed by atoms with Crippen LogP contribution in [-0.4, -0.2) is 50.4 Å². The third-order valence-corrected chi connectivity index (χ3v) is 11.2. The number of alkyl halides is 1. The van der Waals surface area contributed by atoms with Crippen molar-refractivity contribution >= 4 is 53.7 Å². The average molecular weight is 359 g/mol. The molecule has 2 rings (SSSR count). The van der Waals surface area contributed by atoms with Gasteiger partial charge < -0.3 is 0 Å². The molecule has 0 aromatic heterocycles. The molecule has 2 fully saturated rings. The molecule has 2 aliphatic rings. The molecule has 0 N–H and O–H groups in total. The Balaban J connectivity index is 2.38. The highest BCUT2D eigenvalue weighted by atomic mass is 79.9. The molecule has 0 aromatic rings. The summed E-state index contributed by atoms with van der Waals surface area (Å²) in [7, 11) is -2.91. The summed E-state index contributed by atoms with van der Waals surface area (Å²) in [6.45, 7) is 8.26. The lowest BCUT2D eigenvalue weighted by molar-refractivity contribution is -0.515. The lowest BCUT2D eigenvalue weighted by Crippen LogP contribution is -2.36. The van der Waals surface area contributed by atoms with E-state index in [-0.39, 0.29) is 19.9 Å². The highest BCUT2D eigenvalue weighted by molar-refractivity contribution is 9.12. The lowest BCUT2D eigenvalue weighted by atomic mass is 10.1. The van der Waals surface area contributed by atoms with Gasteiger partial charge in [-0.05, 0) is 44.3 Å². The van der Waals surface area contributed by atoms with Gasteiger partial charge in [0.25, 0.3) is 4.38 Å². The van der Waals surface area contributed by atoms with E-state index in [1.54, 1.807) is 23.5 Å². The molecule has 0 bridgehead atoms. The predicted molar refractivity (Wildman–Crippen MR) is 80.2 cm³/mol. The SMILES string of the molecule is CC[N+](CC)=C1S[C@]2(Br)CS(=O)(=O)C[C@]2(C)S1. The molecule has 2 saturated heterocycles. The largest absolute Gasteiger partial charge is 0.272 e. The summed E-state index contributed by atoms with van der Waals surface area (Å²) < 4.78 is 26.5. The van der Waals surface area contributed by atoms with Gasteiger partial charge in [0.05, 0.1) is 16.3 Å². The summed E-state index contributed by atoms with van der Waals surface area (Å²) in [5.41, 5.74) is 0. The summed E-state index contributed by atoms with van der Waals surface area (Å²) in [5.74, 6) is 0.507. The molecule has 2 atom stereocenters. The maximum atomic E-state index is 11.8. The Morgan fingerprint density at radius 3 is 2.35 bits per heavy atom. The first kappa shape index (κ1) is 14.2. The maximum absolute atomic E-state index is 11.8. The van der Waals surface area contributed by atoms with Gasteiger partial charge in [0, 0.05) is 0 Å². The fraction of sp³-hybridized carbons (Fsp3) is 0.900. The minimum Gasteiger partial charge on any atom is -0.229 e. The van der Waals surface area contributed by atoms with Crippen molar-refractivity contribution in [2.45, 2.75) is 29.2 Å². The van der Waals surface area contributed by atoms with Crippen LogP contribution >= 0.6 is 39.5 Å². The van der Waals surface area contributed by atoms with E-state index in [9.17, 15) is 8.42 Å². The van der Waals surface area contributed by atoms with Crippen molar-refractivity contribution in [2.75, 3.05) is 24.6 Å². The molecular weight excluding hydrogens is 342 g/mol. The van der Waals surface area contributed by atoms with E-state index in [4.69, 9.17) is 0 Å². The van der Waals surface area contributed by atoms with E-state index in [1.165, 1.54) is 4.38 Å². The number of fused-ring (bicyclic) bond motifs is 1. The second kappa shape index (κ2) is 4.42. The van der Waals surface area contributed by atoms with E-state index >= 15 is 0 Å². The quantitative estimate of drug-likeness (QED) is 0.559. The molecule has 0 saturated carbocycles. The predicted octanol–water partition coefficient (Wildman–Crippen LogP) is 2.15. The van der Waals surface area contributed by atoms with Crippen LogP contribution in [0.1, 0.15) is 20.8 Å². The smallest absolute Gasteiger partial charge is 0.229 e. The van der Waals surface area contributed by atoms with Crippen LogP contribution in [-0.2, 0) is 9.84 Å². The van der Waals surface area contributed by atoms with Crippen molar-refractivity contribution in [3.63, 3.8) is 0 Å².